The van der Waals surface area contributed by atoms with E-state index >= 15 is 0 Å². The van der Waals surface area contributed by atoms with Crippen molar-refractivity contribution in [3.63, 3.8) is 0 Å². The smallest absolute Gasteiger partial charge is 0.249 e. The Labute approximate surface area is 151 Å². The Morgan fingerprint density at radius 3 is 2.76 bits per heavy atom. The maximum Gasteiger partial charge on any atom is 0.249 e. The highest BCUT2D eigenvalue weighted by molar-refractivity contribution is 8.00. The number of hydrogen-bond donors (Lipinski definition) is 3. The van der Waals surface area contributed by atoms with Crippen LogP contribution >= 0.6 is 11.8 Å². The Bertz CT molecular complexity index is 638. The molecule has 1 saturated heterocycles. The molecule has 1 unspecified atom stereocenters. The van der Waals surface area contributed by atoms with E-state index in [1.54, 1.807) is 29.2 Å². The van der Waals surface area contributed by atoms with Gasteiger partial charge in [0.15, 0.2) is 0 Å². The Balaban J connectivity index is 1.93. The number of nitrogens with two attached hydrogens (primary N) is 2. The molecule has 2 rings (SSSR count). The third kappa shape index (κ3) is 5.20. The molecule has 1 atom stereocenters. The molecule has 1 heterocycles. The monoisotopic (exact) mass is 364 g/mol. The van der Waals surface area contributed by atoms with Crippen LogP contribution in [0.25, 0.3) is 0 Å². The van der Waals surface area contributed by atoms with Crippen molar-refractivity contribution in [2.75, 3.05) is 25.4 Å². The van der Waals surface area contributed by atoms with Gasteiger partial charge in [-0.1, -0.05) is 12.1 Å². The van der Waals surface area contributed by atoms with Crippen LogP contribution in [-0.2, 0) is 9.59 Å². The van der Waals surface area contributed by atoms with Crippen molar-refractivity contribution in [1.82, 2.24) is 10.2 Å². The minimum atomic E-state index is -0.520. The van der Waals surface area contributed by atoms with Crippen LogP contribution in [0.15, 0.2) is 29.2 Å². The molecule has 1 fully saturated rings. The Hall–Kier alpha value is -2.06. The molecule has 0 aromatic heterocycles. The first-order valence-electron chi connectivity index (χ1n) is 8.33. The molecular formula is C17H24N4O3S. The lowest BCUT2D eigenvalue weighted by Crippen LogP contribution is -2.46. The fraction of sp³-hybridized carbons (Fsp3) is 0.471. The molecule has 0 bridgehead atoms. The third-order valence-corrected chi connectivity index (χ3v) is 5.12. The van der Waals surface area contributed by atoms with E-state index in [4.69, 9.17) is 11.5 Å². The number of nitrogens with one attached hydrogen (secondary N) is 1. The lowest BCUT2D eigenvalue weighted by molar-refractivity contribution is -0.136. The van der Waals surface area contributed by atoms with Gasteiger partial charge in [0.25, 0.3) is 0 Å². The minimum absolute atomic E-state index is 0.110. The lowest BCUT2D eigenvalue weighted by Gasteiger charge is -2.24. The second kappa shape index (κ2) is 9.43. The van der Waals surface area contributed by atoms with Crippen molar-refractivity contribution in [3.05, 3.63) is 29.8 Å². The summed E-state index contributed by atoms with van der Waals surface area (Å²) in [5, 5.41) is 2.83. The average Bonchev–Trinajstić information content (AvgIpc) is 3.10. The van der Waals surface area contributed by atoms with Crippen LogP contribution < -0.4 is 16.8 Å². The molecule has 8 heteroatoms. The van der Waals surface area contributed by atoms with Crippen molar-refractivity contribution in [2.45, 2.75) is 30.2 Å². The fourth-order valence-electron chi connectivity index (χ4n) is 2.79. The maximum atomic E-state index is 12.5. The number of hydrogen-bond acceptors (Lipinski definition) is 5. The zero-order valence-corrected chi connectivity index (χ0v) is 14.9. The van der Waals surface area contributed by atoms with Crippen molar-refractivity contribution in [1.29, 1.82) is 0 Å². The number of carbonyl (C=O) groups excluding carboxylic acids is 3. The molecule has 0 saturated carbocycles. The third-order valence-electron chi connectivity index (χ3n) is 4.06. The zero-order valence-electron chi connectivity index (χ0n) is 14.1. The second-order valence-corrected chi connectivity index (χ2v) is 6.84. The minimum Gasteiger partial charge on any atom is -0.366 e. The van der Waals surface area contributed by atoms with E-state index in [1.165, 1.54) is 11.8 Å². The van der Waals surface area contributed by atoms with Gasteiger partial charge in [0.05, 0.1) is 11.3 Å². The first kappa shape index (κ1) is 19.3. The summed E-state index contributed by atoms with van der Waals surface area (Å²) in [5.41, 5.74) is 11.2. The molecule has 7 nitrogen and oxygen atoms in total. The highest BCUT2D eigenvalue weighted by Gasteiger charge is 2.33. The number of benzene rings is 1. The number of nitrogens with zero attached hydrogens (tertiary/aromatic N) is 1. The molecule has 0 radical (unpaired) electrons. The van der Waals surface area contributed by atoms with Crippen LogP contribution in [0.4, 0.5) is 0 Å². The molecule has 3 amide bonds. The molecular weight excluding hydrogens is 340 g/mol. The van der Waals surface area contributed by atoms with Crippen LogP contribution in [0.2, 0.25) is 0 Å². The molecule has 1 aliphatic heterocycles. The summed E-state index contributed by atoms with van der Waals surface area (Å²) < 4.78 is 0. The second-order valence-electron chi connectivity index (χ2n) is 5.83. The zero-order chi connectivity index (χ0) is 18.2. The molecule has 25 heavy (non-hydrogen) atoms. The van der Waals surface area contributed by atoms with Crippen molar-refractivity contribution >= 4 is 29.5 Å². The molecule has 1 aliphatic rings. The van der Waals surface area contributed by atoms with Gasteiger partial charge >= 0.3 is 0 Å². The number of rotatable bonds is 8. The summed E-state index contributed by atoms with van der Waals surface area (Å²) in [6, 6.07) is 6.51. The largest absolute Gasteiger partial charge is 0.366 e. The normalized spacial score (nSPS) is 16.7. The van der Waals surface area contributed by atoms with Crippen LogP contribution in [0, 0.1) is 0 Å². The van der Waals surface area contributed by atoms with Gasteiger partial charge in [0.2, 0.25) is 17.7 Å². The number of thioether (sulfide) groups is 1. The summed E-state index contributed by atoms with van der Waals surface area (Å²) in [6.07, 6.45) is 2.19. The standard InChI is InChI=1S/C17H24N4O3S/c18-8-4-9-20-17(24)13-6-3-10-21(13)15(22)11-25-14-7-2-1-5-12(14)16(19)23/h1-2,5,7,13H,3-4,6,8-11,18H2,(H2,19,23)(H,20,24). The molecule has 0 aliphatic carbocycles. The molecule has 136 valence electrons. The first-order chi connectivity index (χ1) is 12.0. The van der Waals surface area contributed by atoms with Crippen LogP contribution in [0.3, 0.4) is 0 Å². The molecule has 1 aromatic rings. The van der Waals surface area contributed by atoms with E-state index in [0.29, 0.717) is 42.9 Å². The lowest BCUT2D eigenvalue weighted by atomic mass is 10.2. The highest BCUT2D eigenvalue weighted by Crippen LogP contribution is 2.25. The number of primary amides is 1. The topological polar surface area (TPSA) is 119 Å². The number of likely N-dealkylation sites (tertiary alicyclic amines) is 1. The van der Waals surface area contributed by atoms with E-state index in [9.17, 15) is 14.4 Å². The van der Waals surface area contributed by atoms with Crippen LogP contribution in [0.1, 0.15) is 29.6 Å². The van der Waals surface area contributed by atoms with Gasteiger partial charge in [-0.3, -0.25) is 14.4 Å². The summed E-state index contributed by atoms with van der Waals surface area (Å²) in [4.78, 5) is 38.5. The van der Waals surface area contributed by atoms with E-state index in [1.807, 2.05) is 0 Å². The predicted octanol–water partition coefficient (Wildman–Crippen LogP) is 0.334. The summed E-state index contributed by atoms with van der Waals surface area (Å²) in [5.74, 6) is -0.590. The van der Waals surface area contributed by atoms with Crippen molar-refractivity contribution in [3.8, 4) is 0 Å². The highest BCUT2D eigenvalue weighted by atomic mass is 32.2. The number of amides is 3. The van der Waals surface area contributed by atoms with Gasteiger partial charge in [-0.15, -0.1) is 11.8 Å². The quantitative estimate of drug-likeness (QED) is 0.454. The van der Waals surface area contributed by atoms with Gasteiger partial charge in [0, 0.05) is 18.0 Å². The summed E-state index contributed by atoms with van der Waals surface area (Å²) in [7, 11) is 0. The van der Waals surface area contributed by atoms with Gasteiger partial charge in [-0.2, -0.15) is 0 Å². The predicted molar refractivity (Wildman–Crippen MR) is 97.1 cm³/mol. The van der Waals surface area contributed by atoms with Crippen LogP contribution in [-0.4, -0.2) is 54.1 Å². The molecule has 1 aromatic carbocycles. The van der Waals surface area contributed by atoms with E-state index in [-0.39, 0.29) is 17.6 Å². The fourth-order valence-corrected chi connectivity index (χ4v) is 3.73. The van der Waals surface area contributed by atoms with E-state index < -0.39 is 11.9 Å². The van der Waals surface area contributed by atoms with Gasteiger partial charge in [0.1, 0.15) is 6.04 Å². The summed E-state index contributed by atoms with van der Waals surface area (Å²) >= 11 is 1.27. The van der Waals surface area contributed by atoms with Crippen molar-refractivity contribution < 1.29 is 14.4 Å². The molecule has 0 spiro atoms. The van der Waals surface area contributed by atoms with Gasteiger partial charge < -0.3 is 21.7 Å². The SMILES string of the molecule is NCCCNC(=O)C1CCCN1C(=O)CSc1ccccc1C(N)=O. The average molecular weight is 364 g/mol. The first-order valence-corrected chi connectivity index (χ1v) is 9.32. The van der Waals surface area contributed by atoms with Gasteiger partial charge in [-0.25, -0.2) is 0 Å². The van der Waals surface area contributed by atoms with Gasteiger partial charge in [-0.05, 0) is 37.9 Å². The summed E-state index contributed by atoms with van der Waals surface area (Å²) in [6.45, 7) is 1.62. The van der Waals surface area contributed by atoms with Crippen LogP contribution in [0.5, 0.6) is 0 Å². The Kier molecular flexibility index (Phi) is 7.27. The number of carbonyl (C=O) groups is 3. The van der Waals surface area contributed by atoms with E-state index in [2.05, 4.69) is 5.32 Å². The van der Waals surface area contributed by atoms with Crippen molar-refractivity contribution in [2.24, 2.45) is 11.5 Å². The van der Waals surface area contributed by atoms with E-state index in [0.717, 1.165) is 6.42 Å². The Morgan fingerprint density at radius 2 is 2.04 bits per heavy atom. The molecule has 5 N–H and O–H groups in total. The Morgan fingerprint density at radius 1 is 1.28 bits per heavy atom. The maximum absolute atomic E-state index is 12.5.